The summed E-state index contributed by atoms with van der Waals surface area (Å²) in [5, 5.41) is 32.2. The number of rotatable bonds is 6. The third-order valence-corrected chi connectivity index (χ3v) is 5.74. The van der Waals surface area contributed by atoms with Gasteiger partial charge in [-0.15, -0.1) is 0 Å². The molecule has 1 aliphatic heterocycles. The van der Waals surface area contributed by atoms with Crippen LogP contribution in [0.4, 0.5) is 18.9 Å². The van der Waals surface area contributed by atoms with E-state index in [9.17, 15) is 33.3 Å². The Morgan fingerprint density at radius 3 is 2.56 bits per heavy atom. The Balaban J connectivity index is 1.68. The number of aliphatic hydroxyl groups excluding tert-OH is 3. The fourth-order valence-electron chi connectivity index (χ4n) is 3.88. The Kier molecular flexibility index (Phi) is 7.50. The smallest absolute Gasteiger partial charge is 0.274 e. The van der Waals surface area contributed by atoms with E-state index in [2.05, 4.69) is 15.3 Å². The van der Waals surface area contributed by atoms with E-state index in [1.165, 1.54) is 19.4 Å². The van der Waals surface area contributed by atoms with Gasteiger partial charge in [-0.3, -0.25) is 4.79 Å². The second kappa shape index (κ2) is 10.6. The molecule has 4 rings (SSSR count). The summed E-state index contributed by atoms with van der Waals surface area (Å²) >= 11 is 0. The maximum atomic E-state index is 14.4. The van der Waals surface area contributed by atoms with Crippen LogP contribution in [0.15, 0.2) is 42.6 Å². The molecule has 3 heterocycles. The lowest BCUT2D eigenvalue weighted by atomic mass is 9.94. The van der Waals surface area contributed by atoms with Crippen LogP contribution < -0.4 is 10.1 Å². The molecule has 1 saturated heterocycles. The molecule has 2 aromatic heterocycles. The van der Waals surface area contributed by atoms with Gasteiger partial charge in [0.05, 0.1) is 37.2 Å². The number of anilines is 1. The van der Waals surface area contributed by atoms with Crippen molar-refractivity contribution in [2.45, 2.75) is 30.8 Å². The molecule has 9 nitrogen and oxygen atoms in total. The predicted molar refractivity (Wildman–Crippen MR) is 120 cm³/mol. The van der Waals surface area contributed by atoms with Crippen molar-refractivity contribution in [3.8, 4) is 17.1 Å². The molecule has 0 bridgehead atoms. The Hall–Kier alpha value is -3.58. The Morgan fingerprint density at radius 1 is 1.17 bits per heavy atom. The van der Waals surface area contributed by atoms with Gasteiger partial charge in [-0.25, -0.2) is 23.1 Å². The number of halogens is 3. The van der Waals surface area contributed by atoms with Crippen LogP contribution in [0, 0.1) is 17.5 Å². The van der Waals surface area contributed by atoms with Gasteiger partial charge in [0.2, 0.25) is 5.88 Å². The number of nitrogens with one attached hydrogen (secondary N) is 1. The fourth-order valence-corrected chi connectivity index (χ4v) is 3.88. The minimum atomic E-state index is -1.31. The molecule has 12 heteroatoms. The summed E-state index contributed by atoms with van der Waals surface area (Å²) in [4.78, 5) is 21.0. The molecule has 1 amide bonds. The van der Waals surface area contributed by atoms with Crippen molar-refractivity contribution in [2.24, 2.45) is 0 Å². The quantitative estimate of drug-likeness (QED) is 0.401. The van der Waals surface area contributed by atoms with Gasteiger partial charge in [0, 0.05) is 24.2 Å². The van der Waals surface area contributed by atoms with Gasteiger partial charge in [-0.2, -0.15) is 0 Å². The Bertz CT molecular complexity index is 1260. The molecular formula is C24H22F3N3O6. The van der Waals surface area contributed by atoms with Crippen LogP contribution in [0.25, 0.3) is 11.3 Å². The van der Waals surface area contributed by atoms with Gasteiger partial charge < -0.3 is 30.1 Å². The molecular weight excluding hydrogens is 483 g/mol. The largest absolute Gasteiger partial charge is 0.481 e. The summed E-state index contributed by atoms with van der Waals surface area (Å²) in [6, 6.07) is 6.28. The maximum Gasteiger partial charge on any atom is 0.274 e. The third kappa shape index (κ3) is 5.02. The van der Waals surface area contributed by atoms with E-state index in [1.807, 2.05) is 0 Å². The van der Waals surface area contributed by atoms with E-state index in [0.29, 0.717) is 0 Å². The molecule has 190 valence electrons. The highest BCUT2D eigenvalue weighted by molar-refractivity contribution is 6.03. The number of benzene rings is 1. The highest BCUT2D eigenvalue weighted by atomic mass is 19.1. The van der Waals surface area contributed by atoms with Crippen molar-refractivity contribution in [3.05, 3.63) is 71.3 Å². The molecule has 1 fully saturated rings. The molecule has 0 unspecified atom stereocenters. The summed E-state index contributed by atoms with van der Waals surface area (Å²) in [7, 11) is 1.35. The lowest BCUT2D eigenvalue weighted by Crippen LogP contribution is -2.47. The first-order valence-electron chi connectivity index (χ1n) is 10.8. The zero-order valence-corrected chi connectivity index (χ0v) is 18.9. The van der Waals surface area contributed by atoms with Crippen LogP contribution in [-0.4, -0.2) is 63.2 Å². The first-order chi connectivity index (χ1) is 17.2. The molecule has 0 aliphatic carbocycles. The Labute approximate surface area is 203 Å². The monoisotopic (exact) mass is 505 g/mol. The highest BCUT2D eigenvalue weighted by Gasteiger charge is 2.38. The normalized spacial score (nSPS) is 21.8. The molecule has 1 aliphatic rings. The van der Waals surface area contributed by atoms with E-state index in [-0.39, 0.29) is 29.2 Å². The number of hydrogen-bond acceptors (Lipinski definition) is 8. The first kappa shape index (κ1) is 25.5. The van der Waals surface area contributed by atoms with Crippen molar-refractivity contribution in [3.63, 3.8) is 0 Å². The second-order valence-corrected chi connectivity index (χ2v) is 8.03. The van der Waals surface area contributed by atoms with Gasteiger partial charge in [-0.05, 0) is 24.3 Å². The Morgan fingerprint density at radius 2 is 1.89 bits per heavy atom. The second-order valence-electron chi connectivity index (χ2n) is 8.03. The minimum Gasteiger partial charge on any atom is -0.481 e. The van der Waals surface area contributed by atoms with Crippen molar-refractivity contribution in [2.75, 3.05) is 19.0 Å². The first-order valence-corrected chi connectivity index (χ1v) is 10.8. The van der Waals surface area contributed by atoms with Gasteiger partial charge in [-0.1, -0.05) is 6.07 Å². The number of carbonyl (C=O) groups is 1. The lowest BCUT2D eigenvalue weighted by Gasteiger charge is -2.37. The molecule has 4 atom stereocenters. The van der Waals surface area contributed by atoms with Crippen molar-refractivity contribution in [1.29, 1.82) is 0 Å². The van der Waals surface area contributed by atoms with Crippen molar-refractivity contribution < 1.29 is 42.8 Å². The van der Waals surface area contributed by atoms with Crippen molar-refractivity contribution in [1.82, 2.24) is 9.97 Å². The van der Waals surface area contributed by atoms with Gasteiger partial charge in [0.15, 0.2) is 0 Å². The number of methoxy groups -OCH3 is 1. The molecule has 0 spiro atoms. The van der Waals surface area contributed by atoms with E-state index in [0.717, 1.165) is 30.3 Å². The van der Waals surface area contributed by atoms with Gasteiger partial charge >= 0.3 is 0 Å². The van der Waals surface area contributed by atoms with E-state index in [1.54, 1.807) is 0 Å². The fraction of sp³-hybridized carbons (Fsp3) is 0.292. The maximum absolute atomic E-state index is 14.4. The molecule has 0 saturated carbocycles. The molecule has 4 N–H and O–H groups in total. The average molecular weight is 505 g/mol. The number of aliphatic hydroxyl groups is 3. The van der Waals surface area contributed by atoms with E-state index >= 15 is 0 Å². The molecule has 3 aromatic rings. The minimum absolute atomic E-state index is 0.0694. The highest BCUT2D eigenvalue weighted by Crippen LogP contribution is 2.36. The standard InChI is InChI=1S/C24H22F3N3O6/c1-35-20-7-16(11(9-28-20)18-8-17(32)23(33)19(10-31)36-18)30-24(34)15-6-5-14(27)22(29-15)21-12(25)3-2-4-13(21)26/h2-7,9,17-19,23,31-33H,8,10H2,1H3,(H,28,30,34)/t17-,18-,19-,23+/m1/s1. The number of aromatic nitrogens is 2. The van der Waals surface area contributed by atoms with Crippen LogP contribution in [0.5, 0.6) is 5.88 Å². The average Bonchev–Trinajstić information content (AvgIpc) is 2.86. The number of nitrogens with zero attached hydrogens (tertiary/aromatic N) is 2. The molecule has 1 aromatic carbocycles. The zero-order valence-electron chi connectivity index (χ0n) is 18.9. The van der Waals surface area contributed by atoms with Crippen LogP contribution in [-0.2, 0) is 4.74 Å². The summed E-state index contributed by atoms with van der Waals surface area (Å²) in [6.07, 6.45) is -3.23. The van der Waals surface area contributed by atoms with Crippen LogP contribution >= 0.6 is 0 Å². The van der Waals surface area contributed by atoms with Gasteiger partial charge in [0.1, 0.15) is 41.0 Å². The number of carbonyl (C=O) groups excluding carboxylic acids is 1. The summed E-state index contributed by atoms with van der Waals surface area (Å²) < 4.78 is 53.6. The number of pyridine rings is 2. The summed E-state index contributed by atoms with van der Waals surface area (Å²) in [5.41, 5.74) is -1.32. The number of amides is 1. The van der Waals surface area contributed by atoms with E-state index in [4.69, 9.17) is 9.47 Å². The third-order valence-electron chi connectivity index (χ3n) is 5.74. The predicted octanol–water partition coefficient (Wildman–Crippen LogP) is 2.37. The van der Waals surface area contributed by atoms with Crippen molar-refractivity contribution >= 4 is 11.6 Å². The van der Waals surface area contributed by atoms with Gasteiger partial charge in [0.25, 0.3) is 5.91 Å². The van der Waals surface area contributed by atoms with Crippen LogP contribution in [0.3, 0.4) is 0 Å². The topological polar surface area (TPSA) is 134 Å². The summed E-state index contributed by atoms with van der Waals surface area (Å²) in [6.45, 7) is -0.561. The summed E-state index contributed by atoms with van der Waals surface area (Å²) in [5.74, 6) is -3.86. The number of hydrogen-bond donors (Lipinski definition) is 4. The SMILES string of the molecule is COc1cc(NC(=O)c2ccc(F)c(-c3c(F)cccc3F)n2)c([C@H]2C[C@@H](O)[C@H](O)[C@@H](CO)O2)cn1. The van der Waals surface area contributed by atoms with Crippen LogP contribution in [0.1, 0.15) is 28.6 Å². The zero-order chi connectivity index (χ0) is 26.0. The number of ether oxygens (including phenoxy) is 2. The van der Waals surface area contributed by atoms with E-state index < -0.39 is 65.6 Å². The lowest BCUT2D eigenvalue weighted by molar-refractivity contribution is -0.181. The molecule has 0 radical (unpaired) electrons. The molecule has 36 heavy (non-hydrogen) atoms. The van der Waals surface area contributed by atoms with Crippen LogP contribution in [0.2, 0.25) is 0 Å².